The smallest absolute Gasteiger partial charge is 0 e. The Morgan fingerprint density at radius 3 is 1.00 bits per heavy atom. The summed E-state index contributed by atoms with van der Waals surface area (Å²) in [5.74, 6) is 0. The van der Waals surface area contributed by atoms with E-state index in [9.17, 15) is 0 Å². The van der Waals surface area contributed by atoms with Crippen LogP contribution in [0.4, 0.5) is 0 Å². The first-order chi connectivity index (χ1) is 0. The van der Waals surface area contributed by atoms with E-state index in [1.807, 2.05) is 0 Å². The van der Waals surface area contributed by atoms with Gasteiger partial charge in [-0.25, -0.2) is 0 Å². The van der Waals surface area contributed by atoms with Crippen LogP contribution in [0.2, 0.25) is 0 Å². The van der Waals surface area contributed by atoms with Crippen molar-refractivity contribution in [2.75, 3.05) is 0 Å². The SMILES string of the molecule is [BiH3].[Cu].[Nb].[Zr]. The van der Waals surface area contributed by atoms with Gasteiger partial charge in [-0.15, -0.1) is 0 Å². The van der Waals surface area contributed by atoms with Gasteiger partial charge < -0.3 is 0 Å². The number of hydrogen-bond acceptors (Lipinski definition) is 0. The van der Waals surface area contributed by atoms with Gasteiger partial charge in [-0.3, -0.25) is 0 Å². The zero-order valence-electron chi connectivity index (χ0n) is 1.96. The van der Waals surface area contributed by atoms with E-state index < -0.39 is 0 Å². The molecule has 0 bridgehead atoms. The summed E-state index contributed by atoms with van der Waals surface area (Å²) in [6.45, 7) is 0. The summed E-state index contributed by atoms with van der Waals surface area (Å²) < 4.78 is 0. The standard InChI is InChI=1S/Bi.Cu.Nb.Zr.3H. The van der Waals surface area contributed by atoms with Crippen molar-refractivity contribution in [2.24, 2.45) is 0 Å². The molecule has 0 saturated carbocycles. The summed E-state index contributed by atoms with van der Waals surface area (Å²) in [6.07, 6.45) is 0. The third-order valence-corrected chi connectivity index (χ3v) is 0. The Kier molecular flexibility index (Phi) is 116. The summed E-state index contributed by atoms with van der Waals surface area (Å²) in [4.78, 5) is 0. The van der Waals surface area contributed by atoms with Crippen LogP contribution in [-0.2, 0) is 65.7 Å². The number of hydrogen-bond donors (Lipinski definition) is 0. The van der Waals surface area contributed by atoms with Crippen molar-refractivity contribution in [3.05, 3.63) is 0 Å². The van der Waals surface area contributed by atoms with Crippen molar-refractivity contribution >= 4 is 26.2 Å². The monoisotopic (exact) mass is 458 g/mol. The van der Waals surface area contributed by atoms with Crippen LogP contribution in [-0.4, -0.2) is 26.2 Å². The van der Waals surface area contributed by atoms with Gasteiger partial charge in [0, 0.05) is 65.7 Å². The van der Waals surface area contributed by atoms with Gasteiger partial charge in [-0.05, 0) is 0 Å². The summed E-state index contributed by atoms with van der Waals surface area (Å²) in [5, 5.41) is 0. The van der Waals surface area contributed by atoms with Crippen LogP contribution >= 0.6 is 0 Å². The van der Waals surface area contributed by atoms with E-state index in [0.717, 1.165) is 0 Å². The molecule has 0 amide bonds. The average molecular weight is 460 g/mol. The summed E-state index contributed by atoms with van der Waals surface area (Å²) in [7, 11) is 0. The van der Waals surface area contributed by atoms with Gasteiger partial charge in [-0.1, -0.05) is 0 Å². The molecule has 0 unspecified atom stereocenters. The molecule has 0 spiro atoms. The maximum Gasteiger partial charge on any atom is 0 e. The molecule has 0 nitrogen and oxygen atoms in total. The van der Waals surface area contributed by atoms with Gasteiger partial charge in [0.15, 0.2) is 0 Å². The Bertz CT molecular complexity index is 8.00. The van der Waals surface area contributed by atoms with E-state index in [4.69, 9.17) is 0 Å². The average Bonchev–Trinajstić information content (AvgIpc) is 0. The molecule has 0 N–H and O–H groups in total. The van der Waals surface area contributed by atoms with E-state index >= 15 is 0 Å². The predicted octanol–water partition coefficient (Wildman–Crippen LogP) is -1.19. The van der Waals surface area contributed by atoms with E-state index in [1.54, 1.807) is 0 Å². The van der Waals surface area contributed by atoms with Crippen LogP contribution in [0.25, 0.3) is 0 Å². The normalized spacial score (nSPS) is 0. The van der Waals surface area contributed by atoms with Gasteiger partial charge in [0.1, 0.15) is 0 Å². The minimum atomic E-state index is 0. The van der Waals surface area contributed by atoms with Crippen molar-refractivity contribution < 1.29 is 65.7 Å². The fourth-order valence-corrected chi connectivity index (χ4v) is 0. The first-order valence-corrected chi connectivity index (χ1v) is 0. The summed E-state index contributed by atoms with van der Waals surface area (Å²) >= 11 is 0. The minimum absolute atomic E-state index is 0. The third kappa shape index (κ3) is 8.90. The summed E-state index contributed by atoms with van der Waals surface area (Å²) in [5.41, 5.74) is 0. The molecule has 28 valence electrons. The van der Waals surface area contributed by atoms with Gasteiger partial charge in [0.05, 0.1) is 0 Å². The van der Waals surface area contributed by atoms with Crippen molar-refractivity contribution in [3.63, 3.8) is 0 Å². The molecule has 0 atom stereocenters. The Labute approximate surface area is 90.1 Å². The maximum atomic E-state index is 0. The third-order valence-electron chi connectivity index (χ3n) is 0. The van der Waals surface area contributed by atoms with Gasteiger partial charge in [0.2, 0.25) is 0 Å². The Balaban J connectivity index is 0. The Morgan fingerprint density at radius 2 is 1.00 bits per heavy atom. The fourth-order valence-electron chi connectivity index (χ4n) is 0. The molecule has 4 heavy (non-hydrogen) atoms. The van der Waals surface area contributed by atoms with Gasteiger partial charge >= 0.3 is 26.2 Å². The van der Waals surface area contributed by atoms with Crippen LogP contribution < -0.4 is 0 Å². The van der Waals surface area contributed by atoms with Crippen molar-refractivity contribution in [1.29, 1.82) is 0 Å². The van der Waals surface area contributed by atoms with Crippen molar-refractivity contribution in [2.45, 2.75) is 0 Å². The molecule has 0 aliphatic heterocycles. The second-order valence-corrected chi connectivity index (χ2v) is 0. The first kappa shape index (κ1) is 27.9. The molecule has 0 aromatic rings. The maximum absolute atomic E-state index is 0. The van der Waals surface area contributed by atoms with Gasteiger partial charge in [0.25, 0.3) is 0 Å². The fraction of sp³-hybridized carbons (Fsp3) is 0. The quantitative estimate of drug-likeness (QED) is 0.400. The zero-order valence-corrected chi connectivity index (χ0v) is 13.1. The first-order valence-electron chi connectivity index (χ1n) is 0. The van der Waals surface area contributed by atoms with Crippen LogP contribution in [0.1, 0.15) is 0 Å². The molecule has 0 rings (SSSR count). The zero-order chi connectivity index (χ0) is 0. The second-order valence-electron chi connectivity index (χ2n) is 0. The van der Waals surface area contributed by atoms with E-state index in [2.05, 4.69) is 0 Å². The minimum Gasteiger partial charge on any atom is 0 e. The Hall–Kier alpha value is 3.03. The van der Waals surface area contributed by atoms with Crippen molar-refractivity contribution in [1.82, 2.24) is 0 Å². The summed E-state index contributed by atoms with van der Waals surface area (Å²) in [6, 6.07) is 0. The molecule has 2 radical (unpaired) electrons. The molecule has 0 aromatic carbocycles. The van der Waals surface area contributed by atoms with Crippen LogP contribution in [0, 0.1) is 0 Å². The van der Waals surface area contributed by atoms with Gasteiger partial charge in [-0.2, -0.15) is 0 Å². The predicted molar refractivity (Wildman–Crippen MR) is 9.94 cm³/mol. The topological polar surface area (TPSA) is 0 Å². The molecule has 0 heterocycles. The van der Waals surface area contributed by atoms with Crippen LogP contribution in [0.3, 0.4) is 0 Å². The molecular weight excluding hydrogens is 457 g/mol. The van der Waals surface area contributed by atoms with Crippen LogP contribution in [0.5, 0.6) is 0 Å². The molecule has 0 fully saturated rings. The molecule has 0 aliphatic rings. The van der Waals surface area contributed by atoms with E-state index in [1.165, 1.54) is 0 Å². The molecule has 4 heteroatoms. The molecule has 0 saturated heterocycles. The molecule has 0 aromatic heterocycles. The molecular formula is H3BiCuNbZr. The number of rotatable bonds is 0. The van der Waals surface area contributed by atoms with E-state index in [-0.39, 0.29) is 91.9 Å². The second kappa shape index (κ2) is 16.6. The van der Waals surface area contributed by atoms with Crippen LogP contribution in [0.15, 0.2) is 0 Å². The Morgan fingerprint density at radius 1 is 1.00 bits per heavy atom. The van der Waals surface area contributed by atoms with Crippen molar-refractivity contribution in [3.8, 4) is 0 Å². The largest absolute Gasteiger partial charge is 0 e. The molecule has 0 aliphatic carbocycles. The van der Waals surface area contributed by atoms with E-state index in [0.29, 0.717) is 0 Å².